The fourth-order valence-electron chi connectivity index (χ4n) is 1.88. The fourth-order valence-corrected chi connectivity index (χ4v) is 3.97. The molecule has 7 heteroatoms. The Labute approximate surface area is 123 Å². The second-order valence-corrected chi connectivity index (χ2v) is 6.54. The summed E-state index contributed by atoms with van der Waals surface area (Å²) in [6.45, 7) is 3.76. The number of primary amides is 1. The van der Waals surface area contributed by atoms with Crippen LogP contribution in [0.4, 0.5) is 0 Å². The van der Waals surface area contributed by atoms with Crippen LogP contribution in [0.15, 0.2) is 32.0 Å². The number of aryl methyl sites for hydroxylation is 2. The second-order valence-electron chi connectivity index (χ2n) is 4.25. The summed E-state index contributed by atoms with van der Waals surface area (Å²) in [5.74, 6) is 0.302. The number of thiazole rings is 1. The largest absolute Gasteiger partial charge is 0.366 e. The molecule has 0 bridgehead atoms. The first-order valence-electron chi connectivity index (χ1n) is 5.86. The molecule has 2 aromatic heterocycles. The highest BCUT2D eigenvalue weighted by molar-refractivity contribution is 8.01. The molecule has 20 heavy (non-hydrogen) atoms. The van der Waals surface area contributed by atoms with E-state index in [1.165, 1.54) is 23.1 Å². The number of carbonyl (C=O) groups excluding carboxylic acids is 1. The number of aromatic nitrogens is 2. The van der Waals surface area contributed by atoms with Crippen molar-refractivity contribution in [2.45, 2.75) is 23.1 Å². The van der Waals surface area contributed by atoms with E-state index < -0.39 is 5.91 Å². The lowest BCUT2D eigenvalue weighted by atomic mass is 10.2. The average molecular weight is 305 g/mol. The lowest BCUT2D eigenvalue weighted by Gasteiger charge is -1.95. The maximum atomic E-state index is 11.4. The lowest BCUT2D eigenvalue weighted by Crippen LogP contribution is -2.11. The normalized spacial score (nSPS) is 11.1. The third-order valence-corrected chi connectivity index (χ3v) is 5.19. The summed E-state index contributed by atoms with van der Waals surface area (Å²) < 4.78 is 6.91. The van der Waals surface area contributed by atoms with E-state index in [1.54, 1.807) is 6.07 Å². The molecule has 0 saturated carbocycles. The van der Waals surface area contributed by atoms with E-state index in [-0.39, 0.29) is 0 Å². The highest BCUT2D eigenvalue weighted by Crippen LogP contribution is 2.37. The third-order valence-electron chi connectivity index (χ3n) is 2.82. The first-order valence-corrected chi connectivity index (χ1v) is 7.49. The molecule has 0 atom stereocenters. The van der Waals surface area contributed by atoms with Gasteiger partial charge in [-0.1, -0.05) is 23.0 Å². The molecule has 2 N–H and O–H groups in total. The molecular formula is C13H11N3O2S2. The van der Waals surface area contributed by atoms with Gasteiger partial charge in [-0.2, -0.15) is 0 Å². The smallest absolute Gasteiger partial charge is 0.250 e. The van der Waals surface area contributed by atoms with Crippen LogP contribution in [0.5, 0.6) is 0 Å². The van der Waals surface area contributed by atoms with Gasteiger partial charge in [-0.05, 0) is 26.0 Å². The maximum absolute atomic E-state index is 11.4. The molecule has 3 rings (SSSR count). The fraction of sp³-hybridized carbons (Fsp3) is 0.154. The number of para-hydroxylation sites is 1. The van der Waals surface area contributed by atoms with Crippen molar-refractivity contribution in [2.24, 2.45) is 5.73 Å². The van der Waals surface area contributed by atoms with Gasteiger partial charge in [0.2, 0.25) is 0 Å². The monoisotopic (exact) mass is 305 g/mol. The summed E-state index contributed by atoms with van der Waals surface area (Å²) in [6, 6.07) is 5.43. The SMILES string of the molecule is Cc1noc(C)c1Sc1nc2c(C(N)=O)cccc2s1. The number of hydrogen-bond acceptors (Lipinski definition) is 6. The molecule has 0 saturated heterocycles. The van der Waals surface area contributed by atoms with E-state index in [0.717, 1.165) is 25.4 Å². The summed E-state index contributed by atoms with van der Waals surface area (Å²) in [6.07, 6.45) is 0. The van der Waals surface area contributed by atoms with Crippen molar-refractivity contribution >= 4 is 39.2 Å². The van der Waals surface area contributed by atoms with Gasteiger partial charge in [-0.25, -0.2) is 4.98 Å². The van der Waals surface area contributed by atoms with Gasteiger partial charge >= 0.3 is 0 Å². The Morgan fingerprint density at radius 2 is 2.20 bits per heavy atom. The maximum Gasteiger partial charge on any atom is 0.250 e. The van der Waals surface area contributed by atoms with Crippen LogP contribution < -0.4 is 5.73 Å². The minimum atomic E-state index is -0.463. The predicted octanol–water partition coefficient (Wildman–Crippen LogP) is 3.15. The number of nitrogens with two attached hydrogens (primary N) is 1. The number of benzene rings is 1. The topological polar surface area (TPSA) is 82.0 Å². The van der Waals surface area contributed by atoms with Crippen LogP contribution in [0.25, 0.3) is 10.2 Å². The Bertz CT molecular complexity index is 788. The number of hydrogen-bond donors (Lipinski definition) is 1. The van der Waals surface area contributed by atoms with Gasteiger partial charge < -0.3 is 10.3 Å². The van der Waals surface area contributed by atoms with Crippen LogP contribution in [0, 0.1) is 13.8 Å². The first-order chi connectivity index (χ1) is 9.56. The Hall–Kier alpha value is -1.86. The molecular weight excluding hydrogens is 294 g/mol. The molecule has 0 aliphatic rings. The van der Waals surface area contributed by atoms with E-state index >= 15 is 0 Å². The molecule has 0 aliphatic heterocycles. The summed E-state index contributed by atoms with van der Waals surface area (Å²) in [7, 11) is 0. The van der Waals surface area contributed by atoms with Gasteiger partial charge in [0.1, 0.15) is 5.76 Å². The summed E-state index contributed by atoms with van der Waals surface area (Å²) in [4.78, 5) is 16.9. The van der Waals surface area contributed by atoms with Crippen molar-refractivity contribution in [1.29, 1.82) is 0 Å². The molecule has 0 fully saturated rings. The molecule has 1 aromatic carbocycles. The summed E-state index contributed by atoms with van der Waals surface area (Å²) in [5, 5.41) is 3.92. The molecule has 1 amide bonds. The minimum Gasteiger partial charge on any atom is -0.366 e. The number of nitrogens with zero attached hydrogens (tertiary/aromatic N) is 2. The summed E-state index contributed by atoms with van der Waals surface area (Å²) >= 11 is 3.01. The number of rotatable bonds is 3. The van der Waals surface area contributed by atoms with E-state index in [1.807, 2.05) is 26.0 Å². The van der Waals surface area contributed by atoms with Crippen LogP contribution in [0.3, 0.4) is 0 Å². The van der Waals surface area contributed by atoms with E-state index in [4.69, 9.17) is 10.3 Å². The van der Waals surface area contributed by atoms with E-state index in [9.17, 15) is 4.79 Å². The van der Waals surface area contributed by atoms with Crippen molar-refractivity contribution in [3.8, 4) is 0 Å². The molecule has 2 heterocycles. The molecule has 5 nitrogen and oxygen atoms in total. The molecule has 3 aromatic rings. The van der Waals surface area contributed by atoms with E-state index in [2.05, 4.69) is 10.1 Å². The van der Waals surface area contributed by atoms with Crippen molar-refractivity contribution in [2.75, 3.05) is 0 Å². The Morgan fingerprint density at radius 3 is 2.85 bits per heavy atom. The Balaban J connectivity index is 2.06. The van der Waals surface area contributed by atoms with Gasteiger partial charge in [0, 0.05) is 0 Å². The van der Waals surface area contributed by atoms with Gasteiger partial charge in [-0.3, -0.25) is 4.79 Å². The summed E-state index contributed by atoms with van der Waals surface area (Å²) in [5.41, 5.74) is 7.30. The molecule has 0 unspecified atom stereocenters. The average Bonchev–Trinajstić information content (AvgIpc) is 2.95. The Kier molecular flexibility index (Phi) is 3.23. The molecule has 102 valence electrons. The standard InChI is InChI=1S/C13H11N3O2S2/c1-6-11(7(2)18-16-6)20-13-15-10-8(12(14)17)4-3-5-9(10)19-13/h3-5H,1-2H3,(H2,14,17). The van der Waals surface area contributed by atoms with Crippen molar-refractivity contribution in [3.05, 3.63) is 35.2 Å². The Morgan fingerprint density at radius 1 is 1.40 bits per heavy atom. The molecule has 0 radical (unpaired) electrons. The van der Waals surface area contributed by atoms with Crippen LogP contribution >= 0.6 is 23.1 Å². The van der Waals surface area contributed by atoms with Crippen LogP contribution in [-0.4, -0.2) is 16.0 Å². The molecule has 0 spiro atoms. The van der Waals surface area contributed by atoms with Gasteiger partial charge in [0.25, 0.3) is 5.91 Å². The van der Waals surface area contributed by atoms with Crippen molar-refractivity contribution < 1.29 is 9.32 Å². The quantitative estimate of drug-likeness (QED) is 0.803. The van der Waals surface area contributed by atoms with E-state index in [0.29, 0.717) is 11.1 Å². The van der Waals surface area contributed by atoms with Crippen LogP contribution in [0.1, 0.15) is 21.8 Å². The van der Waals surface area contributed by atoms with Crippen molar-refractivity contribution in [1.82, 2.24) is 10.1 Å². The van der Waals surface area contributed by atoms with Crippen LogP contribution in [0.2, 0.25) is 0 Å². The predicted molar refractivity (Wildman–Crippen MR) is 78.2 cm³/mol. The van der Waals surface area contributed by atoms with Gasteiger partial charge in [-0.15, -0.1) is 11.3 Å². The van der Waals surface area contributed by atoms with Crippen molar-refractivity contribution in [3.63, 3.8) is 0 Å². The highest BCUT2D eigenvalue weighted by atomic mass is 32.2. The second kappa shape index (κ2) is 4.92. The number of amides is 1. The zero-order valence-electron chi connectivity index (χ0n) is 10.8. The lowest BCUT2D eigenvalue weighted by molar-refractivity contribution is 0.100. The number of carbonyl (C=O) groups is 1. The minimum absolute atomic E-state index is 0.448. The van der Waals surface area contributed by atoms with Gasteiger partial charge in [0.15, 0.2) is 4.34 Å². The first kappa shape index (κ1) is 13.1. The number of fused-ring (bicyclic) bond motifs is 1. The van der Waals surface area contributed by atoms with Gasteiger partial charge in [0.05, 0.1) is 26.4 Å². The zero-order valence-corrected chi connectivity index (χ0v) is 12.5. The highest BCUT2D eigenvalue weighted by Gasteiger charge is 2.16. The third kappa shape index (κ3) is 2.19. The molecule has 0 aliphatic carbocycles. The van der Waals surface area contributed by atoms with Crippen LogP contribution in [-0.2, 0) is 0 Å². The zero-order chi connectivity index (χ0) is 14.3.